The van der Waals surface area contributed by atoms with Gasteiger partial charge in [0.05, 0.1) is 0 Å². The highest BCUT2D eigenvalue weighted by Gasteiger charge is 2.54. The first-order chi connectivity index (χ1) is 12.7. The predicted molar refractivity (Wildman–Crippen MR) is 101 cm³/mol. The van der Waals surface area contributed by atoms with Crippen molar-refractivity contribution in [3.8, 4) is 0 Å². The molecular weight excluding hydrogens is 390 g/mol. The lowest BCUT2D eigenvalue weighted by molar-refractivity contribution is -0.150. The molecule has 2 aliphatic heterocycles. The Morgan fingerprint density at radius 1 is 1.33 bits per heavy atom. The van der Waals surface area contributed by atoms with Crippen LogP contribution in [-0.2, 0) is 25.2 Å². The molecule has 27 heavy (non-hydrogen) atoms. The highest BCUT2D eigenvalue weighted by atomic mass is 32.2. The molecule has 2 aliphatic rings. The van der Waals surface area contributed by atoms with Crippen molar-refractivity contribution >= 4 is 40.3 Å². The van der Waals surface area contributed by atoms with Crippen LogP contribution in [0.5, 0.6) is 0 Å². The molecule has 2 amide bonds. The number of nitrogens with zero attached hydrogens (tertiary/aromatic N) is 1. The quantitative estimate of drug-likeness (QED) is 0.592. The third-order valence-corrected chi connectivity index (χ3v) is 6.68. The minimum atomic E-state index is -1.17. The fourth-order valence-corrected chi connectivity index (χ4v) is 4.84. The van der Waals surface area contributed by atoms with Gasteiger partial charge in [0.25, 0.3) is 5.91 Å². The predicted octanol–water partition coefficient (Wildman–Crippen LogP) is 0.181. The normalized spacial score (nSPS) is 26.3. The van der Waals surface area contributed by atoms with E-state index in [9.17, 15) is 23.7 Å². The van der Waals surface area contributed by atoms with Crippen molar-refractivity contribution in [2.75, 3.05) is 6.26 Å². The average Bonchev–Trinajstić information content (AvgIpc) is 2.64. The van der Waals surface area contributed by atoms with Crippen LogP contribution in [0.15, 0.2) is 40.9 Å². The van der Waals surface area contributed by atoms with Gasteiger partial charge in [-0.25, -0.2) is 4.79 Å². The lowest BCUT2D eigenvalue weighted by atomic mass is 10.0. The maximum Gasteiger partial charge on any atom is 0.352 e. The number of fused-ring (bicyclic) bond motifs is 1. The summed E-state index contributed by atoms with van der Waals surface area (Å²) < 4.78 is 11.4. The van der Waals surface area contributed by atoms with Gasteiger partial charge >= 0.3 is 5.97 Å². The second kappa shape index (κ2) is 7.45. The van der Waals surface area contributed by atoms with Crippen molar-refractivity contribution in [3.05, 3.63) is 41.6 Å². The van der Waals surface area contributed by atoms with E-state index in [1.807, 2.05) is 6.92 Å². The van der Waals surface area contributed by atoms with Gasteiger partial charge in [0, 0.05) is 27.2 Å². The molecule has 2 heterocycles. The number of carbonyl (C=O) groups is 3. The summed E-state index contributed by atoms with van der Waals surface area (Å²) in [6.45, 7) is 1.83. The van der Waals surface area contributed by atoms with E-state index in [4.69, 9.17) is 5.73 Å². The molecule has 4 N–H and O–H groups in total. The monoisotopic (exact) mass is 409 g/mol. The summed E-state index contributed by atoms with van der Waals surface area (Å²) in [5.41, 5.74) is 6.45. The Bertz CT molecular complexity index is 855. The molecule has 10 heteroatoms. The molecule has 3 rings (SSSR count). The van der Waals surface area contributed by atoms with Crippen molar-refractivity contribution in [3.63, 3.8) is 0 Å². The van der Waals surface area contributed by atoms with Crippen molar-refractivity contribution in [2.24, 2.45) is 5.73 Å². The highest BCUT2D eigenvalue weighted by Crippen LogP contribution is 2.40. The number of benzene rings is 1. The van der Waals surface area contributed by atoms with E-state index in [1.54, 1.807) is 30.5 Å². The van der Waals surface area contributed by atoms with Crippen LogP contribution >= 0.6 is 11.8 Å². The molecule has 4 unspecified atom stereocenters. The molecular formula is C17H19N3O5S2. The molecule has 0 saturated carbocycles. The van der Waals surface area contributed by atoms with E-state index < -0.39 is 46.0 Å². The Kier molecular flexibility index (Phi) is 5.41. The van der Waals surface area contributed by atoms with E-state index in [0.717, 1.165) is 0 Å². The van der Waals surface area contributed by atoms with Crippen LogP contribution in [0.1, 0.15) is 18.5 Å². The van der Waals surface area contributed by atoms with Gasteiger partial charge in [0.1, 0.15) is 23.2 Å². The number of carbonyl (C=O) groups excluding carboxylic acids is 2. The summed E-state index contributed by atoms with van der Waals surface area (Å²) in [5.74, 6) is -2.17. The van der Waals surface area contributed by atoms with Crippen LogP contribution in [0.3, 0.4) is 0 Å². The number of nitrogens with two attached hydrogens (primary N) is 1. The Morgan fingerprint density at radius 2 is 1.96 bits per heavy atom. The third-order valence-electron chi connectivity index (χ3n) is 4.42. The summed E-state index contributed by atoms with van der Waals surface area (Å²) in [4.78, 5) is 38.0. The number of hydrogen-bond acceptors (Lipinski definition) is 6. The topological polar surface area (TPSA) is 130 Å². The van der Waals surface area contributed by atoms with Crippen LogP contribution in [-0.4, -0.2) is 54.9 Å². The van der Waals surface area contributed by atoms with Crippen LogP contribution in [0.2, 0.25) is 0 Å². The Labute approximate surface area is 162 Å². The Morgan fingerprint density at radius 3 is 2.52 bits per heavy atom. The number of carboxylic acids is 1. The van der Waals surface area contributed by atoms with Crippen LogP contribution in [0.25, 0.3) is 0 Å². The lowest BCUT2D eigenvalue weighted by Crippen LogP contribution is -2.71. The first-order valence-corrected chi connectivity index (χ1v) is 10.6. The summed E-state index contributed by atoms with van der Waals surface area (Å²) in [6, 6.07) is 4.71. The maximum absolute atomic E-state index is 12.5. The number of β-lactam (4-membered cyclic amide) rings is 1. The molecule has 0 aromatic heterocycles. The molecule has 8 nitrogen and oxygen atoms in total. The fraction of sp³-hybridized carbons (Fsp3) is 0.353. The molecule has 0 radical (unpaired) electrons. The molecule has 1 aromatic rings. The third kappa shape index (κ3) is 3.64. The van der Waals surface area contributed by atoms with E-state index >= 15 is 0 Å². The number of nitrogens with one attached hydrogen (secondary N) is 1. The SMILES string of the molecule is CC1C=C(C(=O)O)N2C(=O)C(NC(=O)C(N)c3ccc(S(C)=O)cc3)[C@H]2S1. The smallest absolute Gasteiger partial charge is 0.352 e. The Hall–Kier alpha value is -2.17. The Balaban J connectivity index is 1.70. The van der Waals surface area contributed by atoms with Gasteiger partial charge in [0.2, 0.25) is 5.91 Å². The zero-order valence-corrected chi connectivity index (χ0v) is 16.3. The molecule has 0 bridgehead atoms. The van der Waals surface area contributed by atoms with Gasteiger partial charge in [-0.2, -0.15) is 0 Å². The summed E-state index contributed by atoms with van der Waals surface area (Å²) >= 11 is 1.40. The van der Waals surface area contributed by atoms with E-state index in [0.29, 0.717) is 10.5 Å². The van der Waals surface area contributed by atoms with E-state index in [1.165, 1.54) is 22.7 Å². The average molecular weight is 409 g/mol. The minimum Gasteiger partial charge on any atom is -0.477 e. The first-order valence-electron chi connectivity index (χ1n) is 8.13. The molecule has 1 fully saturated rings. The zero-order valence-electron chi connectivity index (χ0n) is 14.6. The lowest BCUT2D eigenvalue weighted by Gasteiger charge is -2.49. The molecule has 144 valence electrons. The number of aliphatic carboxylic acids is 1. The van der Waals surface area contributed by atoms with Crippen molar-refractivity contribution < 1.29 is 23.7 Å². The molecule has 0 spiro atoms. The molecule has 1 aromatic carbocycles. The molecule has 5 atom stereocenters. The summed E-state index contributed by atoms with van der Waals surface area (Å²) in [5, 5.41) is 11.3. The largest absolute Gasteiger partial charge is 0.477 e. The zero-order chi connectivity index (χ0) is 19.9. The number of amides is 2. The molecule has 1 saturated heterocycles. The van der Waals surface area contributed by atoms with E-state index in [2.05, 4.69) is 5.32 Å². The maximum atomic E-state index is 12.5. The van der Waals surface area contributed by atoms with Crippen molar-refractivity contribution in [1.82, 2.24) is 10.2 Å². The minimum absolute atomic E-state index is 0.0609. The van der Waals surface area contributed by atoms with Crippen LogP contribution in [0.4, 0.5) is 0 Å². The van der Waals surface area contributed by atoms with Gasteiger partial charge in [-0.3, -0.25) is 18.7 Å². The van der Waals surface area contributed by atoms with Crippen molar-refractivity contribution in [1.29, 1.82) is 0 Å². The van der Waals surface area contributed by atoms with Gasteiger partial charge in [0.15, 0.2) is 0 Å². The number of rotatable bonds is 5. The van der Waals surface area contributed by atoms with Crippen molar-refractivity contribution in [2.45, 2.75) is 34.5 Å². The first kappa shape index (κ1) is 19.6. The summed E-state index contributed by atoms with van der Waals surface area (Å²) in [7, 11) is -1.13. The fourth-order valence-electron chi connectivity index (χ4n) is 2.99. The van der Waals surface area contributed by atoms with Gasteiger partial charge in [-0.1, -0.05) is 12.1 Å². The number of hydrogen-bond donors (Lipinski definition) is 3. The second-order valence-corrected chi connectivity index (χ2v) is 9.16. The van der Waals surface area contributed by atoms with E-state index in [-0.39, 0.29) is 10.9 Å². The van der Waals surface area contributed by atoms with Crippen LogP contribution < -0.4 is 11.1 Å². The van der Waals surface area contributed by atoms with Gasteiger partial charge < -0.3 is 16.2 Å². The summed E-state index contributed by atoms with van der Waals surface area (Å²) in [6.07, 6.45) is 3.07. The second-order valence-electron chi connectivity index (χ2n) is 6.28. The highest BCUT2D eigenvalue weighted by molar-refractivity contribution is 8.00. The standard InChI is InChI=1S/C17H19N3O5S2/c1-8-7-11(17(23)24)20-15(22)13(16(20)26-8)19-14(21)12(18)9-3-5-10(6-4-9)27(2)25/h3-8,12-13,16H,18H2,1-2H3,(H,19,21)(H,23,24)/t8?,12?,13?,16-,27?/m1/s1. The van der Waals surface area contributed by atoms with Gasteiger partial charge in [-0.05, 0) is 30.7 Å². The number of thioether (sulfide) groups is 1. The van der Waals surface area contributed by atoms with Crippen LogP contribution in [0, 0.1) is 0 Å². The number of carboxylic acid groups (broad SMARTS) is 1. The van der Waals surface area contributed by atoms with Gasteiger partial charge in [-0.15, -0.1) is 11.8 Å². The molecule has 0 aliphatic carbocycles.